The number of aliphatic hydroxyl groups is 1. The van der Waals surface area contributed by atoms with Crippen LogP contribution in [0.15, 0.2) is 12.4 Å². The van der Waals surface area contributed by atoms with Crippen molar-refractivity contribution in [2.75, 3.05) is 19.7 Å². The minimum absolute atomic E-state index is 0.0988. The van der Waals surface area contributed by atoms with Crippen molar-refractivity contribution in [2.45, 2.75) is 12.8 Å². The molecule has 1 fully saturated rings. The maximum absolute atomic E-state index is 12.4. The van der Waals surface area contributed by atoms with Gasteiger partial charge in [-0.05, 0) is 18.8 Å². The van der Waals surface area contributed by atoms with E-state index in [2.05, 4.69) is 4.98 Å². The standard InChI is InChI=1S/C12H14Cl2N2O2/c13-9-4-15-5-10(14)11(9)12(18)16-3-1-2-8(6-16)7-17/h4-5,8,17H,1-3,6-7H2. The predicted octanol–water partition coefficient (Wildman–Crippen LogP) is 2.23. The van der Waals surface area contributed by atoms with E-state index in [1.807, 2.05) is 0 Å². The minimum Gasteiger partial charge on any atom is -0.396 e. The summed E-state index contributed by atoms with van der Waals surface area (Å²) in [5.74, 6) is -0.0485. The second-order valence-electron chi connectivity index (χ2n) is 4.42. The highest BCUT2D eigenvalue weighted by Gasteiger charge is 2.26. The first-order chi connectivity index (χ1) is 8.63. The zero-order chi connectivity index (χ0) is 13.1. The number of hydrogen-bond acceptors (Lipinski definition) is 3. The van der Waals surface area contributed by atoms with Crippen molar-refractivity contribution < 1.29 is 9.90 Å². The van der Waals surface area contributed by atoms with Gasteiger partial charge in [-0.25, -0.2) is 0 Å². The summed E-state index contributed by atoms with van der Waals surface area (Å²) in [6, 6.07) is 0. The van der Waals surface area contributed by atoms with E-state index in [1.54, 1.807) is 4.90 Å². The summed E-state index contributed by atoms with van der Waals surface area (Å²) in [4.78, 5) is 17.9. The average molecular weight is 289 g/mol. The first kappa shape index (κ1) is 13.6. The molecule has 0 radical (unpaired) electrons. The lowest BCUT2D eigenvalue weighted by molar-refractivity contribution is 0.0621. The van der Waals surface area contributed by atoms with Gasteiger partial charge in [-0.1, -0.05) is 23.2 Å². The molecule has 0 saturated carbocycles. The molecule has 0 spiro atoms. The number of carbonyl (C=O) groups is 1. The second kappa shape index (κ2) is 5.87. The van der Waals surface area contributed by atoms with Crippen molar-refractivity contribution in [3.8, 4) is 0 Å². The fourth-order valence-electron chi connectivity index (χ4n) is 2.17. The Morgan fingerprint density at radius 3 is 2.72 bits per heavy atom. The van der Waals surface area contributed by atoms with Gasteiger partial charge in [0.15, 0.2) is 0 Å². The number of rotatable bonds is 2. The Labute approximate surface area is 116 Å². The smallest absolute Gasteiger partial charge is 0.257 e. The van der Waals surface area contributed by atoms with Crippen molar-refractivity contribution >= 4 is 29.1 Å². The number of likely N-dealkylation sites (tertiary alicyclic amines) is 1. The molecular weight excluding hydrogens is 275 g/mol. The normalized spacial score (nSPS) is 19.9. The Morgan fingerprint density at radius 1 is 1.44 bits per heavy atom. The highest BCUT2D eigenvalue weighted by Crippen LogP contribution is 2.26. The highest BCUT2D eigenvalue weighted by atomic mass is 35.5. The van der Waals surface area contributed by atoms with Gasteiger partial charge < -0.3 is 10.0 Å². The van der Waals surface area contributed by atoms with Gasteiger partial charge in [-0.15, -0.1) is 0 Å². The molecule has 6 heteroatoms. The van der Waals surface area contributed by atoms with Gasteiger partial charge in [0.2, 0.25) is 0 Å². The van der Waals surface area contributed by atoms with Gasteiger partial charge in [-0.2, -0.15) is 0 Å². The summed E-state index contributed by atoms with van der Waals surface area (Å²) in [6.07, 6.45) is 4.65. The number of pyridine rings is 1. The molecule has 1 aromatic rings. The van der Waals surface area contributed by atoms with Crippen LogP contribution in [0.2, 0.25) is 10.0 Å². The van der Waals surface area contributed by atoms with Crippen LogP contribution in [0.1, 0.15) is 23.2 Å². The summed E-state index contributed by atoms with van der Waals surface area (Å²) < 4.78 is 0. The molecule has 1 aromatic heterocycles. The van der Waals surface area contributed by atoms with Crippen LogP contribution in [0, 0.1) is 5.92 Å². The van der Waals surface area contributed by atoms with E-state index in [0.29, 0.717) is 18.7 Å². The van der Waals surface area contributed by atoms with E-state index in [1.165, 1.54) is 12.4 Å². The first-order valence-electron chi connectivity index (χ1n) is 5.82. The van der Waals surface area contributed by atoms with Gasteiger partial charge in [0.1, 0.15) is 0 Å². The third kappa shape index (κ3) is 2.76. The van der Waals surface area contributed by atoms with Crippen molar-refractivity contribution in [1.82, 2.24) is 9.88 Å². The first-order valence-corrected chi connectivity index (χ1v) is 6.58. The largest absolute Gasteiger partial charge is 0.396 e. The number of carbonyl (C=O) groups excluding carboxylic acids is 1. The van der Waals surface area contributed by atoms with Crippen LogP contribution in [0.25, 0.3) is 0 Å². The number of aliphatic hydroxyl groups excluding tert-OH is 1. The Kier molecular flexibility index (Phi) is 4.43. The molecule has 0 bridgehead atoms. The van der Waals surface area contributed by atoms with Crippen LogP contribution in [0.3, 0.4) is 0 Å². The van der Waals surface area contributed by atoms with Crippen molar-refractivity contribution in [3.63, 3.8) is 0 Å². The Hall–Kier alpha value is -0.840. The molecule has 1 amide bonds. The van der Waals surface area contributed by atoms with E-state index in [0.717, 1.165) is 12.8 Å². The van der Waals surface area contributed by atoms with Gasteiger partial charge >= 0.3 is 0 Å². The molecule has 1 saturated heterocycles. The molecule has 4 nitrogen and oxygen atoms in total. The zero-order valence-corrected chi connectivity index (χ0v) is 11.3. The minimum atomic E-state index is -0.189. The van der Waals surface area contributed by atoms with Crippen LogP contribution in [-0.4, -0.2) is 40.6 Å². The maximum atomic E-state index is 12.4. The Balaban J connectivity index is 2.20. The van der Waals surface area contributed by atoms with Crippen molar-refractivity contribution in [3.05, 3.63) is 28.0 Å². The van der Waals surface area contributed by atoms with Gasteiger partial charge in [0, 0.05) is 32.1 Å². The van der Waals surface area contributed by atoms with Gasteiger partial charge in [0.25, 0.3) is 5.91 Å². The quantitative estimate of drug-likeness (QED) is 0.908. The summed E-state index contributed by atoms with van der Waals surface area (Å²) in [5.41, 5.74) is 0.298. The van der Waals surface area contributed by atoms with Gasteiger partial charge in [0.05, 0.1) is 15.6 Å². The third-order valence-electron chi connectivity index (χ3n) is 3.13. The monoisotopic (exact) mass is 288 g/mol. The van der Waals surface area contributed by atoms with Crippen LogP contribution < -0.4 is 0 Å². The second-order valence-corrected chi connectivity index (χ2v) is 5.23. The number of piperidine rings is 1. The molecule has 1 unspecified atom stereocenters. The van der Waals surface area contributed by atoms with E-state index >= 15 is 0 Å². The van der Waals surface area contributed by atoms with Crippen LogP contribution >= 0.6 is 23.2 Å². The van der Waals surface area contributed by atoms with Crippen LogP contribution in [0.5, 0.6) is 0 Å². The van der Waals surface area contributed by atoms with Crippen LogP contribution in [0.4, 0.5) is 0 Å². The molecule has 2 heterocycles. The summed E-state index contributed by atoms with van der Waals surface area (Å²) in [5, 5.41) is 9.70. The molecule has 18 heavy (non-hydrogen) atoms. The summed E-state index contributed by atoms with van der Waals surface area (Å²) >= 11 is 11.9. The summed E-state index contributed by atoms with van der Waals surface area (Å²) in [6.45, 7) is 1.32. The summed E-state index contributed by atoms with van der Waals surface area (Å²) in [7, 11) is 0. The predicted molar refractivity (Wildman–Crippen MR) is 70.0 cm³/mol. The molecule has 1 aliphatic rings. The number of amides is 1. The molecule has 0 aromatic carbocycles. The van der Waals surface area contributed by atoms with E-state index < -0.39 is 0 Å². The third-order valence-corrected chi connectivity index (χ3v) is 3.70. The molecule has 0 aliphatic carbocycles. The number of hydrogen-bond donors (Lipinski definition) is 1. The molecule has 1 atom stereocenters. The van der Waals surface area contributed by atoms with E-state index in [-0.39, 0.29) is 28.5 Å². The lowest BCUT2D eigenvalue weighted by atomic mass is 9.98. The van der Waals surface area contributed by atoms with E-state index in [4.69, 9.17) is 23.2 Å². The van der Waals surface area contributed by atoms with Crippen molar-refractivity contribution in [1.29, 1.82) is 0 Å². The maximum Gasteiger partial charge on any atom is 0.257 e. The fourth-order valence-corrected chi connectivity index (χ4v) is 2.70. The van der Waals surface area contributed by atoms with Gasteiger partial charge in [-0.3, -0.25) is 9.78 Å². The SMILES string of the molecule is O=C(c1c(Cl)cncc1Cl)N1CCCC(CO)C1. The molecular formula is C12H14Cl2N2O2. The Bertz CT molecular complexity index is 433. The number of halogens is 2. The molecule has 1 N–H and O–H groups in total. The highest BCUT2D eigenvalue weighted by molar-refractivity contribution is 6.39. The molecule has 1 aliphatic heterocycles. The number of aromatic nitrogens is 1. The average Bonchev–Trinajstić information content (AvgIpc) is 2.38. The number of nitrogens with zero attached hydrogens (tertiary/aromatic N) is 2. The Morgan fingerprint density at radius 2 is 2.11 bits per heavy atom. The van der Waals surface area contributed by atoms with E-state index in [9.17, 15) is 9.90 Å². The zero-order valence-electron chi connectivity index (χ0n) is 9.77. The fraction of sp³-hybridized carbons (Fsp3) is 0.500. The molecule has 98 valence electrons. The van der Waals surface area contributed by atoms with Crippen LogP contribution in [-0.2, 0) is 0 Å². The lowest BCUT2D eigenvalue weighted by Gasteiger charge is -2.32. The molecule has 2 rings (SSSR count). The topological polar surface area (TPSA) is 53.4 Å². The van der Waals surface area contributed by atoms with Crippen molar-refractivity contribution in [2.24, 2.45) is 5.92 Å². The lowest BCUT2D eigenvalue weighted by Crippen LogP contribution is -2.41.